The lowest BCUT2D eigenvalue weighted by molar-refractivity contribution is -0.0250. The van der Waals surface area contributed by atoms with E-state index in [1.165, 1.54) is 0 Å². The molecule has 1 unspecified atom stereocenters. The zero-order chi connectivity index (χ0) is 18.6. The van der Waals surface area contributed by atoms with Gasteiger partial charge in [0.2, 0.25) is 0 Å². The number of likely N-dealkylation sites (tertiary alicyclic amines) is 1. The van der Waals surface area contributed by atoms with Crippen molar-refractivity contribution in [3.05, 3.63) is 48.3 Å². The van der Waals surface area contributed by atoms with Gasteiger partial charge < -0.3 is 19.8 Å². The first-order valence-electron chi connectivity index (χ1n) is 8.77. The normalized spacial score (nSPS) is 20.5. The number of methoxy groups -OCH3 is 1. The second-order valence-corrected chi connectivity index (χ2v) is 6.68. The van der Waals surface area contributed by atoms with Gasteiger partial charge in [0.25, 0.3) is 5.91 Å². The van der Waals surface area contributed by atoms with Crippen LogP contribution < -0.4 is 4.74 Å². The average molecular weight is 356 g/mol. The van der Waals surface area contributed by atoms with Crippen LogP contribution in [0.5, 0.6) is 5.75 Å². The van der Waals surface area contributed by atoms with E-state index in [0.29, 0.717) is 43.7 Å². The summed E-state index contributed by atoms with van der Waals surface area (Å²) in [5, 5.41) is 19.6. The molecule has 3 rings (SSSR count). The van der Waals surface area contributed by atoms with Crippen molar-refractivity contribution in [2.24, 2.45) is 0 Å². The van der Waals surface area contributed by atoms with E-state index < -0.39 is 5.60 Å². The van der Waals surface area contributed by atoms with Crippen molar-refractivity contribution in [1.82, 2.24) is 9.88 Å². The third-order valence-electron chi connectivity index (χ3n) is 4.95. The number of hydrogen-bond acceptors (Lipinski definition) is 5. The Hall–Kier alpha value is -2.44. The molecule has 1 saturated heterocycles. The molecule has 2 N–H and O–H groups in total. The molecule has 1 aromatic carbocycles. The summed E-state index contributed by atoms with van der Waals surface area (Å²) < 4.78 is 5.33. The molecule has 0 aliphatic carbocycles. The Bertz CT molecular complexity index is 763. The molecule has 2 heterocycles. The van der Waals surface area contributed by atoms with E-state index in [4.69, 9.17) is 4.74 Å². The third kappa shape index (κ3) is 3.86. The first-order valence-corrected chi connectivity index (χ1v) is 8.77. The first kappa shape index (κ1) is 18.4. The minimum atomic E-state index is -1.07. The summed E-state index contributed by atoms with van der Waals surface area (Å²) >= 11 is 0. The fourth-order valence-electron chi connectivity index (χ4n) is 3.30. The highest BCUT2D eigenvalue weighted by Crippen LogP contribution is 2.29. The van der Waals surface area contributed by atoms with Gasteiger partial charge in [-0.2, -0.15) is 0 Å². The van der Waals surface area contributed by atoms with Crippen molar-refractivity contribution < 1.29 is 19.7 Å². The van der Waals surface area contributed by atoms with Gasteiger partial charge in [0, 0.05) is 30.4 Å². The smallest absolute Gasteiger partial charge is 0.253 e. The number of aliphatic hydroxyl groups is 2. The lowest BCUT2D eigenvalue weighted by Gasteiger charge is -2.24. The topological polar surface area (TPSA) is 82.9 Å². The van der Waals surface area contributed by atoms with E-state index in [1.807, 2.05) is 18.2 Å². The van der Waals surface area contributed by atoms with Gasteiger partial charge in [-0.3, -0.25) is 9.78 Å². The van der Waals surface area contributed by atoms with E-state index in [0.717, 1.165) is 11.1 Å². The standard InChI is InChI=1S/C20H24N2O4/c1-26-18-13-21-10-7-17(18)15-3-5-16(6-4-15)19(24)22-11-2-8-20(25,14-23)9-12-22/h3-7,10,13,23,25H,2,8-9,11-12,14H2,1H3. The van der Waals surface area contributed by atoms with Crippen molar-refractivity contribution in [2.75, 3.05) is 26.8 Å². The fraction of sp³-hybridized carbons (Fsp3) is 0.400. The summed E-state index contributed by atoms with van der Waals surface area (Å²) in [5.74, 6) is 0.628. The second-order valence-electron chi connectivity index (χ2n) is 6.68. The quantitative estimate of drug-likeness (QED) is 0.877. The molecule has 0 radical (unpaired) electrons. The van der Waals surface area contributed by atoms with E-state index in [1.54, 1.807) is 36.5 Å². The number of aromatic nitrogens is 1. The number of nitrogens with zero attached hydrogens (tertiary/aromatic N) is 2. The van der Waals surface area contributed by atoms with Crippen LogP contribution in [0.2, 0.25) is 0 Å². The van der Waals surface area contributed by atoms with Crippen LogP contribution in [0, 0.1) is 0 Å². The SMILES string of the molecule is COc1cnccc1-c1ccc(C(=O)N2CCCC(O)(CO)CC2)cc1. The number of amides is 1. The molecule has 1 aliphatic rings. The summed E-state index contributed by atoms with van der Waals surface area (Å²) in [6.07, 6.45) is 4.94. The predicted octanol–water partition coefficient (Wildman–Crippen LogP) is 2.11. The Labute approximate surface area is 153 Å². The van der Waals surface area contributed by atoms with Crippen LogP contribution in [0.3, 0.4) is 0 Å². The largest absolute Gasteiger partial charge is 0.494 e. The monoisotopic (exact) mass is 356 g/mol. The molecular weight excluding hydrogens is 332 g/mol. The number of carbonyl (C=O) groups is 1. The molecule has 138 valence electrons. The minimum absolute atomic E-state index is 0.0552. The van der Waals surface area contributed by atoms with Crippen LogP contribution in [0.25, 0.3) is 11.1 Å². The van der Waals surface area contributed by atoms with Crippen molar-refractivity contribution in [3.63, 3.8) is 0 Å². The molecule has 1 fully saturated rings. The predicted molar refractivity (Wildman–Crippen MR) is 98.0 cm³/mol. The summed E-state index contributed by atoms with van der Waals surface area (Å²) in [5.41, 5.74) is 1.41. The Morgan fingerprint density at radius 1 is 1.23 bits per heavy atom. The molecule has 6 nitrogen and oxygen atoms in total. The van der Waals surface area contributed by atoms with Crippen LogP contribution in [-0.4, -0.2) is 58.4 Å². The summed E-state index contributed by atoms with van der Waals surface area (Å²) in [7, 11) is 1.60. The molecule has 1 aliphatic heterocycles. The number of hydrogen-bond donors (Lipinski definition) is 2. The highest BCUT2D eigenvalue weighted by Gasteiger charge is 2.31. The number of carbonyl (C=O) groups excluding carboxylic acids is 1. The maximum Gasteiger partial charge on any atom is 0.253 e. The van der Waals surface area contributed by atoms with E-state index in [2.05, 4.69) is 4.98 Å². The Kier molecular flexibility index (Phi) is 5.54. The molecule has 1 amide bonds. The fourth-order valence-corrected chi connectivity index (χ4v) is 3.30. The van der Waals surface area contributed by atoms with Gasteiger partial charge in [0.05, 0.1) is 25.5 Å². The number of benzene rings is 1. The summed E-state index contributed by atoms with van der Waals surface area (Å²) in [4.78, 5) is 18.6. The highest BCUT2D eigenvalue weighted by molar-refractivity contribution is 5.94. The molecule has 0 spiro atoms. The lowest BCUT2D eigenvalue weighted by atomic mass is 9.96. The Balaban J connectivity index is 1.75. The Morgan fingerprint density at radius 3 is 2.69 bits per heavy atom. The van der Waals surface area contributed by atoms with Crippen LogP contribution in [-0.2, 0) is 0 Å². The molecular formula is C20H24N2O4. The maximum absolute atomic E-state index is 12.8. The zero-order valence-corrected chi connectivity index (χ0v) is 14.9. The molecule has 26 heavy (non-hydrogen) atoms. The average Bonchev–Trinajstić information content (AvgIpc) is 2.90. The van der Waals surface area contributed by atoms with E-state index >= 15 is 0 Å². The lowest BCUT2D eigenvalue weighted by Crippen LogP contribution is -2.36. The molecule has 2 aromatic rings. The number of rotatable bonds is 4. The number of aliphatic hydroxyl groups excluding tert-OH is 1. The van der Waals surface area contributed by atoms with Crippen LogP contribution in [0.15, 0.2) is 42.7 Å². The van der Waals surface area contributed by atoms with Gasteiger partial charge in [0.1, 0.15) is 5.75 Å². The van der Waals surface area contributed by atoms with Gasteiger partial charge >= 0.3 is 0 Å². The van der Waals surface area contributed by atoms with Gasteiger partial charge in [-0.1, -0.05) is 12.1 Å². The van der Waals surface area contributed by atoms with Crippen molar-refractivity contribution >= 4 is 5.91 Å². The molecule has 0 bridgehead atoms. The zero-order valence-electron chi connectivity index (χ0n) is 14.9. The van der Waals surface area contributed by atoms with Crippen LogP contribution in [0.4, 0.5) is 0 Å². The molecule has 1 aromatic heterocycles. The Morgan fingerprint density at radius 2 is 2.00 bits per heavy atom. The first-order chi connectivity index (χ1) is 12.6. The highest BCUT2D eigenvalue weighted by atomic mass is 16.5. The van der Waals surface area contributed by atoms with Crippen molar-refractivity contribution in [2.45, 2.75) is 24.9 Å². The molecule has 6 heteroatoms. The maximum atomic E-state index is 12.8. The van der Waals surface area contributed by atoms with E-state index in [-0.39, 0.29) is 12.5 Å². The minimum Gasteiger partial charge on any atom is -0.494 e. The van der Waals surface area contributed by atoms with Gasteiger partial charge in [-0.15, -0.1) is 0 Å². The molecule has 1 atom stereocenters. The van der Waals surface area contributed by atoms with Gasteiger partial charge in [-0.25, -0.2) is 0 Å². The second kappa shape index (κ2) is 7.85. The van der Waals surface area contributed by atoms with Crippen molar-refractivity contribution in [3.8, 4) is 16.9 Å². The van der Waals surface area contributed by atoms with Crippen LogP contribution >= 0.6 is 0 Å². The third-order valence-corrected chi connectivity index (χ3v) is 4.95. The summed E-state index contributed by atoms with van der Waals surface area (Å²) in [6, 6.07) is 9.28. The number of ether oxygens (including phenoxy) is 1. The molecule has 0 saturated carbocycles. The van der Waals surface area contributed by atoms with Crippen molar-refractivity contribution in [1.29, 1.82) is 0 Å². The number of pyridine rings is 1. The summed E-state index contributed by atoms with van der Waals surface area (Å²) in [6.45, 7) is 0.758. The van der Waals surface area contributed by atoms with E-state index in [9.17, 15) is 15.0 Å². The van der Waals surface area contributed by atoms with Gasteiger partial charge in [-0.05, 0) is 43.0 Å². The van der Waals surface area contributed by atoms with Gasteiger partial charge in [0.15, 0.2) is 0 Å². The van der Waals surface area contributed by atoms with Crippen LogP contribution in [0.1, 0.15) is 29.6 Å².